The molecule has 4 nitrogen and oxygen atoms in total. The van der Waals surface area contributed by atoms with Crippen LogP contribution in [0.1, 0.15) is 92.4 Å². The summed E-state index contributed by atoms with van der Waals surface area (Å²) < 4.78 is 11.6. The second-order valence-corrected chi connectivity index (χ2v) is 10.1. The Labute approximate surface area is 164 Å². The van der Waals surface area contributed by atoms with Gasteiger partial charge in [0.1, 0.15) is 5.60 Å². The van der Waals surface area contributed by atoms with Crippen molar-refractivity contribution in [2.75, 3.05) is 0 Å². The summed E-state index contributed by atoms with van der Waals surface area (Å²) in [6.07, 6.45) is 9.52. The first-order valence-corrected chi connectivity index (χ1v) is 11.1. The standard InChI is InChI=1S/C23H38O4/c1-6-22(4,9-7-8-15(2)26-16(3)24)21(25)27-23(5)19-11-17-10-18(13-19)14-20(23)12-17/h15,17-20H,6-14H2,1-5H3. The van der Waals surface area contributed by atoms with Crippen molar-refractivity contribution in [2.45, 2.75) is 104 Å². The Bertz CT molecular complexity index is 541. The van der Waals surface area contributed by atoms with E-state index in [1.807, 2.05) is 13.8 Å². The third kappa shape index (κ3) is 4.19. The highest BCUT2D eigenvalue weighted by Gasteiger charge is 2.57. The van der Waals surface area contributed by atoms with Crippen LogP contribution >= 0.6 is 0 Å². The van der Waals surface area contributed by atoms with Crippen molar-refractivity contribution in [3.05, 3.63) is 0 Å². The fourth-order valence-electron chi connectivity index (χ4n) is 6.15. The Morgan fingerprint density at radius 1 is 1.11 bits per heavy atom. The van der Waals surface area contributed by atoms with Crippen LogP contribution in [0.15, 0.2) is 0 Å². The molecule has 0 heterocycles. The molecule has 4 fully saturated rings. The number of hydrogen-bond donors (Lipinski definition) is 0. The summed E-state index contributed by atoms with van der Waals surface area (Å²) >= 11 is 0. The maximum Gasteiger partial charge on any atom is 0.312 e. The van der Waals surface area contributed by atoms with E-state index in [1.165, 1.54) is 39.0 Å². The van der Waals surface area contributed by atoms with Crippen LogP contribution < -0.4 is 0 Å². The molecule has 154 valence electrons. The van der Waals surface area contributed by atoms with Crippen LogP contribution in [0.25, 0.3) is 0 Å². The summed E-state index contributed by atoms with van der Waals surface area (Å²) in [5.74, 6) is 2.61. The zero-order chi connectivity index (χ0) is 19.8. The molecule has 4 saturated carbocycles. The van der Waals surface area contributed by atoms with Gasteiger partial charge in [-0.1, -0.05) is 6.92 Å². The number of esters is 2. The van der Waals surface area contributed by atoms with E-state index >= 15 is 0 Å². The van der Waals surface area contributed by atoms with Crippen molar-refractivity contribution in [3.63, 3.8) is 0 Å². The maximum absolute atomic E-state index is 13.2. The highest BCUT2D eigenvalue weighted by Crippen LogP contribution is 2.59. The number of carbonyl (C=O) groups excluding carboxylic acids is 2. The zero-order valence-corrected chi connectivity index (χ0v) is 17.9. The molecule has 0 N–H and O–H groups in total. The molecule has 0 amide bonds. The smallest absolute Gasteiger partial charge is 0.312 e. The lowest BCUT2D eigenvalue weighted by atomic mass is 9.50. The molecule has 2 atom stereocenters. The van der Waals surface area contributed by atoms with E-state index in [2.05, 4.69) is 13.8 Å². The predicted molar refractivity (Wildman–Crippen MR) is 105 cm³/mol. The molecule has 4 rings (SSSR count). The van der Waals surface area contributed by atoms with Gasteiger partial charge in [0.25, 0.3) is 0 Å². The topological polar surface area (TPSA) is 52.6 Å². The van der Waals surface area contributed by atoms with Crippen LogP contribution in [0, 0.1) is 29.1 Å². The quantitative estimate of drug-likeness (QED) is 0.539. The number of hydrogen-bond acceptors (Lipinski definition) is 4. The molecular formula is C23H38O4. The van der Waals surface area contributed by atoms with Crippen LogP contribution in [0.5, 0.6) is 0 Å². The average Bonchev–Trinajstić information content (AvgIpc) is 2.58. The first kappa shape index (κ1) is 20.7. The van der Waals surface area contributed by atoms with E-state index in [4.69, 9.17) is 9.47 Å². The average molecular weight is 379 g/mol. The van der Waals surface area contributed by atoms with Crippen LogP contribution in [0.4, 0.5) is 0 Å². The normalized spacial score (nSPS) is 37.5. The molecule has 0 aliphatic heterocycles. The van der Waals surface area contributed by atoms with Crippen LogP contribution in [0.2, 0.25) is 0 Å². The summed E-state index contributed by atoms with van der Waals surface area (Å²) in [4.78, 5) is 24.3. The zero-order valence-electron chi connectivity index (χ0n) is 17.9. The third-order valence-corrected chi connectivity index (χ3v) is 8.05. The first-order valence-electron chi connectivity index (χ1n) is 11.1. The molecule has 2 unspecified atom stereocenters. The van der Waals surface area contributed by atoms with Crippen molar-refractivity contribution < 1.29 is 19.1 Å². The van der Waals surface area contributed by atoms with Gasteiger partial charge in [-0.25, -0.2) is 0 Å². The van der Waals surface area contributed by atoms with E-state index < -0.39 is 5.41 Å². The molecule has 4 bridgehead atoms. The van der Waals surface area contributed by atoms with Gasteiger partial charge < -0.3 is 9.47 Å². The molecule has 0 aromatic heterocycles. The largest absolute Gasteiger partial charge is 0.463 e. The lowest BCUT2D eigenvalue weighted by molar-refractivity contribution is -0.212. The van der Waals surface area contributed by atoms with Gasteiger partial charge in [0.2, 0.25) is 0 Å². The number of rotatable bonds is 8. The summed E-state index contributed by atoms with van der Waals surface area (Å²) in [5.41, 5.74) is -0.709. The van der Waals surface area contributed by atoms with Gasteiger partial charge in [0.15, 0.2) is 0 Å². The van der Waals surface area contributed by atoms with E-state index in [9.17, 15) is 9.59 Å². The minimum atomic E-state index is -0.451. The molecule has 0 saturated heterocycles. The molecule has 0 aromatic carbocycles. The van der Waals surface area contributed by atoms with Crippen molar-refractivity contribution in [1.82, 2.24) is 0 Å². The molecule has 27 heavy (non-hydrogen) atoms. The van der Waals surface area contributed by atoms with Gasteiger partial charge in [0.05, 0.1) is 11.5 Å². The van der Waals surface area contributed by atoms with Gasteiger partial charge in [-0.15, -0.1) is 0 Å². The Hall–Kier alpha value is -1.06. The van der Waals surface area contributed by atoms with Gasteiger partial charge in [-0.2, -0.15) is 0 Å². The molecule has 4 aliphatic rings. The highest BCUT2D eigenvalue weighted by molar-refractivity contribution is 5.76. The lowest BCUT2D eigenvalue weighted by Gasteiger charge is -2.59. The fourth-order valence-corrected chi connectivity index (χ4v) is 6.15. The van der Waals surface area contributed by atoms with E-state index in [-0.39, 0.29) is 23.6 Å². The monoisotopic (exact) mass is 378 g/mol. The van der Waals surface area contributed by atoms with Gasteiger partial charge >= 0.3 is 11.9 Å². The van der Waals surface area contributed by atoms with Crippen molar-refractivity contribution in [1.29, 1.82) is 0 Å². The number of ether oxygens (including phenoxy) is 2. The van der Waals surface area contributed by atoms with E-state index in [0.29, 0.717) is 11.8 Å². The Balaban J connectivity index is 1.58. The first-order chi connectivity index (χ1) is 12.7. The Kier molecular flexibility index (Phi) is 5.93. The van der Waals surface area contributed by atoms with Crippen molar-refractivity contribution in [3.8, 4) is 0 Å². The van der Waals surface area contributed by atoms with Crippen LogP contribution in [0.3, 0.4) is 0 Å². The van der Waals surface area contributed by atoms with Gasteiger partial charge in [-0.3, -0.25) is 9.59 Å². The Morgan fingerprint density at radius 2 is 1.67 bits per heavy atom. The number of carbonyl (C=O) groups is 2. The molecule has 0 aromatic rings. The van der Waals surface area contributed by atoms with Crippen LogP contribution in [-0.4, -0.2) is 23.6 Å². The molecular weight excluding hydrogens is 340 g/mol. The molecule has 4 aliphatic carbocycles. The Morgan fingerprint density at radius 3 is 2.15 bits per heavy atom. The third-order valence-electron chi connectivity index (χ3n) is 8.05. The lowest BCUT2D eigenvalue weighted by Crippen LogP contribution is -2.58. The minimum Gasteiger partial charge on any atom is -0.463 e. The summed E-state index contributed by atoms with van der Waals surface area (Å²) in [6, 6.07) is 0. The van der Waals surface area contributed by atoms with E-state index in [1.54, 1.807) is 0 Å². The second kappa shape index (κ2) is 7.75. The van der Waals surface area contributed by atoms with Gasteiger partial charge in [0, 0.05) is 6.92 Å². The van der Waals surface area contributed by atoms with Gasteiger partial charge in [-0.05, 0) is 102 Å². The second-order valence-electron chi connectivity index (χ2n) is 10.1. The summed E-state index contributed by atoms with van der Waals surface area (Å²) in [7, 11) is 0. The highest BCUT2D eigenvalue weighted by atomic mass is 16.6. The fraction of sp³-hybridized carbons (Fsp3) is 0.913. The van der Waals surface area contributed by atoms with Crippen molar-refractivity contribution >= 4 is 11.9 Å². The predicted octanol–water partition coefficient (Wildman–Crippen LogP) is 5.28. The summed E-state index contributed by atoms with van der Waals surface area (Å²) in [6.45, 7) is 9.70. The summed E-state index contributed by atoms with van der Waals surface area (Å²) in [5, 5.41) is 0. The van der Waals surface area contributed by atoms with Crippen molar-refractivity contribution in [2.24, 2.45) is 29.1 Å². The minimum absolute atomic E-state index is 0.0138. The van der Waals surface area contributed by atoms with E-state index in [0.717, 1.165) is 37.5 Å². The molecule has 0 radical (unpaired) electrons. The maximum atomic E-state index is 13.2. The molecule has 0 spiro atoms. The SMILES string of the molecule is CCC(C)(CCCC(C)OC(C)=O)C(=O)OC1(C)C2CC3CC(C2)CC1C3. The molecule has 4 heteroatoms. The van der Waals surface area contributed by atoms with Crippen LogP contribution in [-0.2, 0) is 19.1 Å².